The van der Waals surface area contributed by atoms with Crippen molar-refractivity contribution in [1.29, 1.82) is 0 Å². The van der Waals surface area contributed by atoms with Crippen molar-refractivity contribution < 1.29 is 14.6 Å². The highest BCUT2D eigenvalue weighted by molar-refractivity contribution is 5.86. The molecule has 1 amide bonds. The Labute approximate surface area is 141 Å². The van der Waals surface area contributed by atoms with E-state index in [1.54, 1.807) is 0 Å². The highest BCUT2D eigenvalue weighted by atomic mass is 16.5. The van der Waals surface area contributed by atoms with Crippen molar-refractivity contribution in [1.82, 2.24) is 5.32 Å². The Hall–Kier alpha value is -2.53. The number of ether oxygens (including phenoxy) is 1. The van der Waals surface area contributed by atoms with Gasteiger partial charge in [-0.05, 0) is 42.7 Å². The lowest BCUT2D eigenvalue weighted by atomic mass is 10.1. The van der Waals surface area contributed by atoms with Gasteiger partial charge in [0.2, 0.25) is 5.91 Å². The third kappa shape index (κ3) is 4.49. The SMILES string of the molecule is O=C(NC1CC1)C(Nc1ccc(OCCO)cc1)c1ccccc1. The minimum Gasteiger partial charge on any atom is -0.491 e. The number of hydrogen-bond acceptors (Lipinski definition) is 4. The van der Waals surface area contributed by atoms with Gasteiger partial charge in [0, 0.05) is 11.7 Å². The van der Waals surface area contributed by atoms with Crippen molar-refractivity contribution in [2.45, 2.75) is 24.9 Å². The van der Waals surface area contributed by atoms with Gasteiger partial charge in [0.05, 0.1) is 6.61 Å². The van der Waals surface area contributed by atoms with Crippen molar-refractivity contribution in [3.63, 3.8) is 0 Å². The van der Waals surface area contributed by atoms with Crippen LogP contribution in [0.1, 0.15) is 24.4 Å². The van der Waals surface area contributed by atoms with Crippen molar-refractivity contribution in [3.8, 4) is 5.75 Å². The molecule has 1 aliphatic carbocycles. The maximum Gasteiger partial charge on any atom is 0.247 e. The van der Waals surface area contributed by atoms with Crippen LogP contribution in [0.2, 0.25) is 0 Å². The number of aliphatic hydroxyl groups excluding tert-OH is 1. The number of carbonyl (C=O) groups excluding carboxylic acids is 1. The molecule has 1 fully saturated rings. The summed E-state index contributed by atoms with van der Waals surface area (Å²) in [6.07, 6.45) is 2.12. The van der Waals surface area contributed by atoms with E-state index in [0.29, 0.717) is 11.8 Å². The second kappa shape index (κ2) is 7.84. The molecule has 0 aliphatic heterocycles. The quantitative estimate of drug-likeness (QED) is 0.697. The fourth-order valence-electron chi connectivity index (χ4n) is 2.44. The number of anilines is 1. The van der Waals surface area contributed by atoms with E-state index in [1.807, 2.05) is 54.6 Å². The number of hydrogen-bond donors (Lipinski definition) is 3. The van der Waals surface area contributed by atoms with Gasteiger partial charge in [-0.1, -0.05) is 30.3 Å². The number of amides is 1. The molecule has 0 heterocycles. The van der Waals surface area contributed by atoms with E-state index >= 15 is 0 Å². The molecule has 3 N–H and O–H groups in total. The minimum atomic E-state index is -0.434. The van der Waals surface area contributed by atoms with Crippen LogP contribution in [0.3, 0.4) is 0 Å². The molecule has 5 heteroatoms. The molecule has 0 radical (unpaired) electrons. The molecule has 126 valence electrons. The molecule has 2 aromatic carbocycles. The van der Waals surface area contributed by atoms with Crippen LogP contribution in [0, 0.1) is 0 Å². The summed E-state index contributed by atoms with van der Waals surface area (Å²) in [6.45, 7) is 0.251. The van der Waals surface area contributed by atoms with Crippen LogP contribution in [0.5, 0.6) is 5.75 Å². The maximum absolute atomic E-state index is 12.6. The maximum atomic E-state index is 12.6. The Morgan fingerprint density at radius 1 is 1.12 bits per heavy atom. The molecule has 1 aliphatic rings. The van der Waals surface area contributed by atoms with Crippen LogP contribution in [-0.2, 0) is 4.79 Å². The molecule has 0 saturated heterocycles. The van der Waals surface area contributed by atoms with E-state index in [1.165, 1.54) is 0 Å². The lowest BCUT2D eigenvalue weighted by molar-refractivity contribution is -0.122. The van der Waals surface area contributed by atoms with Crippen LogP contribution in [0.4, 0.5) is 5.69 Å². The molecule has 0 aromatic heterocycles. The Morgan fingerprint density at radius 2 is 1.83 bits per heavy atom. The Kier molecular flexibility index (Phi) is 5.33. The van der Waals surface area contributed by atoms with Crippen LogP contribution in [0.25, 0.3) is 0 Å². The lowest BCUT2D eigenvalue weighted by Crippen LogP contribution is -2.34. The molecule has 0 bridgehead atoms. The Morgan fingerprint density at radius 3 is 2.46 bits per heavy atom. The van der Waals surface area contributed by atoms with Gasteiger partial charge >= 0.3 is 0 Å². The van der Waals surface area contributed by atoms with E-state index < -0.39 is 6.04 Å². The molecular formula is C19H22N2O3. The summed E-state index contributed by atoms with van der Waals surface area (Å²) in [4.78, 5) is 12.6. The van der Waals surface area contributed by atoms with Gasteiger partial charge in [0.15, 0.2) is 0 Å². The summed E-state index contributed by atoms with van der Waals surface area (Å²) in [6, 6.07) is 17.0. The minimum absolute atomic E-state index is 0.00990. The average molecular weight is 326 g/mol. The molecule has 1 atom stereocenters. The van der Waals surface area contributed by atoms with Gasteiger partial charge in [-0.15, -0.1) is 0 Å². The summed E-state index contributed by atoms with van der Waals surface area (Å²) in [5.74, 6) is 0.678. The molecule has 3 rings (SSSR count). The smallest absolute Gasteiger partial charge is 0.247 e. The highest BCUT2D eigenvalue weighted by Gasteiger charge is 2.28. The molecular weight excluding hydrogens is 304 g/mol. The first kappa shape index (κ1) is 16.3. The molecule has 1 unspecified atom stereocenters. The summed E-state index contributed by atoms with van der Waals surface area (Å²) >= 11 is 0. The number of benzene rings is 2. The first-order valence-corrected chi connectivity index (χ1v) is 8.22. The predicted molar refractivity (Wildman–Crippen MR) is 93.0 cm³/mol. The van der Waals surface area contributed by atoms with Crippen LogP contribution >= 0.6 is 0 Å². The number of carbonyl (C=O) groups is 1. The molecule has 5 nitrogen and oxygen atoms in total. The van der Waals surface area contributed by atoms with E-state index in [-0.39, 0.29) is 19.1 Å². The Balaban J connectivity index is 1.72. The fourth-order valence-corrected chi connectivity index (χ4v) is 2.44. The average Bonchev–Trinajstić information content (AvgIpc) is 3.43. The first-order valence-electron chi connectivity index (χ1n) is 8.22. The third-order valence-corrected chi connectivity index (χ3v) is 3.84. The van der Waals surface area contributed by atoms with E-state index in [2.05, 4.69) is 10.6 Å². The van der Waals surface area contributed by atoms with E-state index in [0.717, 1.165) is 24.1 Å². The molecule has 24 heavy (non-hydrogen) atoms. The van der Waals surface area contributed by atoms with Crippen molar-refractivity contribution in [2.24, 2.45) is 0 Å². The summed E-state index contributed by atoms with van der Waals surface area (Å²) in [5, 5.41) is 15.1. The van der Waals surface area contributed by atoms with Crippen molar-refractivity contribution in [3.05, 3.63) is 60.2 Å². The molecule has 0 spiro atoms. The molecule has 2 aromatic rings. The Bertz CT molecular complexity index is 654. The number of aliphatic hydroxyl groups is 1. The van der Waals surface area contributed by atoms with Crippen molar-refractivity contribution >= 4 is 11.6 Å². The number of nitrogens with one attached hydrogen (secondary N) is 2. The van der Waals surface area contributed by atoms with E-state index in [9.17, 15) is 4.79 Å². The summed E-state index contributed by atoms with van der Waals surface area (Å²) in [5.41, 5.74) is 1.77. The largest absolute Gasteiger partial charge is 0.491 e. The van der Waals surface area contributed by atoms with Crippen LogP contribution in [-0.4, -0.2) is 30.3 Å². The van der Waals surface area contributed by atoms with Crippen molar-refractivity contribution in [2.75, 3.05) is 18.5 Å². The number of rotatable bonds is 8. The lowest BCUT2D eigenvalue weighted by Gasteiger charge is -2.20. The van der Waals surface area contributed by atoms with E-state index in [4.69, 9.17) is 9.84 Å². The van der Waals surface area contributed by atoms with Gasteiger partial charge in [-0.25, -0.2) is 0 Å². The summed E-state index contributed by atoms with van der Waals surface area (Å²) < 4.78 is 5.35. The van der Waals surface area contributed by atoms with Crippen LogP contribution in [0.15, 0.2) is 54.6 Å². The van der Waals surface area contributed by atoms with Gasteiger partial charge < -0.3 is 20.5 Å². The zero-order valence-corrected chi connectivity index (χ0v) is 13.4. The topological polar surface area (TPSA) is 70.6 Å². The van der Waals surface area contributed by atoms with Gasteiger partial charge in [-0.3, -0.25) is 4.79 Å². The van der Waals surface area contributed by atoms with Crippen LogP contribution < -0.4 is 15.4 Å². The summed E-state index contributed by atoms with van der Waals surface area (Å²) in [7, 11) is 0. The second-order valence-electron chi connectivity index (χ2n) is 5.87. The second-order valence-corrected chi connectivity index (χ2v) is 5.87. The third-order valence-electron chi connectivity index (χ3n) is 3.84. The normalized spacial score (nSPS) is 14.7. The fraction of sp³-hybridized carbons (Fsp3) is 0.316. The zero-order valence-electron chi connectivity index (χ0n) is 13.4. The zero-order chi connectivity index (χ0) is 16.8. The highest BCUT2D eigenvalue weighted by Crippen LogP contribution is 2.25. The predicted octanol–water partition coefficient (Wildman–Crippen LogP) is 2.49. The monoisotopic (exact) mass is 326 g/mol. The first-order chi connectivity index (χ1) is 11.8. The van der Waals surface area contributed by atoms with Gasteiger partial charge in [0.1, 0.15) is 18.4 Å². The standard InChI is InChI=1S/C19H22N2O3/c22-12-13-24-17-10-8-15(9-11-17)20-18(14-4-2-1-3-5-14)19(23)21-16-6-7-16/h1-5,8-11,16,18,20,22H,6-7,12-13H2,(H,21,23). The molecule has 1 saturated carbocycles. The van der Waals surface area contributed by atoms with Gasteiger partial charge in [0.25, 0.3) is 0 Å². The van der Waals surface area contributed by atoms with Gasteiger partial charge in [-0.2, -0.15) is 0 Å².